The van der Waals surface area contributed by atoms with Crippen molar-refractivity contribution in [3.8, 4) is 0 Å². The molecule has 5 nitrogen and oxygen atoms in total. The number of ether oxygens (including phenoxy) is 3. The van der Waals surface area contributed by atoms with E-state index in [9.17, 15) is 9.90 Å². The minimum Gasteiger partial charge on any atom is -0.466 e. The van der Waals surface area contributed by atoms with Crippen LogP contribution in [0.5, 0.6) is 0 Å². The van der Waals surface area contributed by atoms with Gasteiger partial charge in [-0.2, -0.15) is 0 Å². The molecule has 1 N–H and O–H groups in total. The van der Waals surface area contributed by atoms with Crippen LogP contribution < -0.4 is 0 Å². The summed E-state index contributed by atoms with van der Waals surface area (Å²) in [7, 11) is -1.26. The Morgan fingerprint density at radius 3 is 2.57 bits per heavy atom. The molecule has 5 atom stereocenters. The van der Waals surface area contributed by atoms with Crippen molar-refractivity contribution in [2.75, 3.05) is 6.61 Å². The summed E-state index contributed by atoms with van der Waals surface area (Å²) in [6.45, 7) is 17.5. The number of carbonyl (C=O) groups excluding carboxylic acids is 1. The SMILES string of the molecule is C=C[C@H](C)[C@H](O)C[C@H](C[C@@H]1CCC[C@H](C(C)(C)C(=O)OCC[Si](C)(C)C)O1)OCc1ccccc1. The summed E-state index contributed by atoms with van der Waals surface area (Å²) in [6, 6.07) is 11.1. The average molecular weight is 505 g/mol. The first-order valence-electron chi connectivity index (χ1n) is 13.2. The summed E-state index contributed by atoms with van der Waals surface area (Å²) < 4.78 is 18.5. The summed E-state index contributed by atoms with van der Waals surface area (Å²) in [5, 5.41) is 10.7. The molecule has 0 aliphatic carbocycles. The molecule has 6 heteroatoms. The number of aliphatic hydroxyl groups is 1. The zero-order valence-corrected chi connectivity index (χ0v) is 23.8. The van der Waals surface area contributed by atoms with Gasteiger partial charge in [0.15, 0.2) is 0 Å². The lowest BCUT2D eigenvalue weighted by atomic mass is 9.81. The molecule has 1 saturated heterocycles. The van der Waals surface area contributed by atoms with E-state index in [1.54, 1.807) is 6.08 Å². The second kappa shape index (κ2) is 13.7. The predicted octanol–water partition coefficient (Wildman–Crippen LogP) is 6.38. The molecule has 1 aromatic carbocycles. The number of esters is 1. The highest BCUT2D eigenvalue weighted by Crippen LogP contribution is 2.36. The van der Waals surface area contributed by atoms with E-state index in [1.165, 1.54) is 0 Å². The summed E-state index contributed by atoms with van der Waals surface area (Å²) in [6.07, 6.45) is 4.88. The third kappa shape index (κ3) is 10.2. The summed E-state index contributed by atoms with van der Waals surface area (Å²) >= 11 is 0. The molecule has 1 heterocycles. The van der Waals surface area contributed by atoms with Crippen LogP contribution in [-0.4, -0.2) is 50.2 Å². The fourth-order valence-electron chi connectivity index (χ4n) is 4.33. The van der Waals surface area contributed by atoms with Gasteiger partial charge in [-0.1, -0.05) is 63.0 Å². The van der Waals surface area contributed by atoms with Crippen molar-refractivity contribution < 1.29 is 24.1 Å². The van der Waals surface area contributed by atoms with E-state index >= 15 is 0 Å². The number of hydrogen-bond donors (Lipinski definition) is 1. The lowest BCUT2D eigenvalue weighted by Gasteiger charge is -2.39. The smallest absolute Gasteiger partial charge is 0.314 e. The Hall–Kier alpha value is -1.47. The normalized spacial score (nSPS) is 21.7. The van der Waals surface area contributed by atoms with E-state index in [0.717, 1.165) is 30.9 Å². The molecular weight excluding hydrogens is 456 g/mol. The van der Waals surface area contributed by atoms with E-state index in [4.69, 9.17) is 14.2 Å². The second-order valence-corrected chi connectivity index (χ2v) is 17.5. The lowest BCUT2D eigenvalue weighted by Crippen LogP contribution is -2.45. The van der Waals surface area contributed by atoms with Gasteiger partial charge >= 0.3 is 5.97 Å². The number of carbonyl (C=O) groups is 1. The van der Waals surface area contributed by atoms with Crippen LogP contribution >= 0.6 is 0 Å². The van der Waals surface area contributed by atoms with Crippen molar-refractivity contribution in [3.63, 3.8) is 0 Å². The number of aliphatic hydroxyl groups excluding tert-OH is 1. The zero-order valence-electron chi connectivity index (χ0n) is 22.8. The minimum atomic E-state index is -1.26. The molecule has 0 saturated carbocycles. The number of benzene rings is 1. The summed E-state index contributed by atoms with van der Waals surface area (Å²) in [5.74, 6) is -0.184. The molecule has 0 spiro atoms. The maximum absolute atomic E-state index is 12.9. The first kappa shape index (κ1) is 29.8. The standard InChI is InChI=1S/C29H48O5Si/c1-8-22(2)26(30)20-25(33-21-23-13-10-9-11-14-23)19-24-15-12-16-27(34-24)29(3,4)28(31)32-17-18-35(5,6)7/h8-11,13-14,22,24-27,30H,1,12,15-21H2,2-7H3/t22-,24-,25-,26+,27+/m0/s1. The van der Waals surface area contributed by atoms with Gasteiger partial charge in [-0.3, -0.25) is 4.79 Å². The fourth-order valence-corrected chi connectivity index (χ4v) is 5.04. The molecule has 198 valence electrons. The largest absolute Gasteiger partial charge is 0.466 e. The van der Waals surface area contributed by atoms with Crippen molar-refractivity contribution in [3.05, 3.63) is 48.6 Å². The highest BCUT2D eigenvalue weighted by molar-refractivity contribution is 6.76. The Kier molecular flexibility index (Phi) is 11.7. The molecule has 0 bridgehead atoms. The fraction of sp³-hybridized carbons (Fsp3) is 0.690. The van der Waals surface area contributed by atoms with Gasteiger partial charge in [0.1, 0.15) is 0 Å². The van der Waals surface area contributed by atoms with Gasteiger partial charge in [-0.15, -0.1) is 6.58 Å². The lowest BCUT2D eigenvalue weighted by molar-refractivity contribution is -0.173. The van der Waals surface area contributed by atoms with E-state index < -0.39 is 19.6 Å². The monoisotopic (exact) mass is 504 g/mol. The minimum absolute atomic E-state index is 0.0114. The van der Waals surface area contributed by atoms with Gasteiger partial charge in [0, 0.05) is 14.5 Å². The molecular formula is C29H48O5Si. The summed E-state index contributed by atoms with van der Waals surface area (Å²) in [4.78, 5) is 12.9. The van der Waals surface area contributed by atoms with Crippen LogP contribution in [0.4, 0.5) is 0 Å². The van der Waals surface area contributed by atoms with E-state index in [2.05, 4.69) is 26.2 Å². The molecule has 35 heavy (non-hydrogen) atoms. The predicted molar refractivity (Wildman–Crippen MR) is 145 cm³/mol. The van der Waals surface area contributed by atoms with Crippen LogP contribution in [0.2, 0.25) is 25.7 Å². The molecule has 0 radical (unpaired) electrons. The maximum atomic E-state index is 12.9. The van der Waals surface area contributed by atoms with Gasteiger partial charge in [-0.25, -0.2) is 0 Å². The Bertz CT molecular complexity index is 773. The van der Waals surface area contributed by atoms with Gasteiger partial charge in [-0.05, 0) is 57.1 Å². The molecule has 1 aliphatic rings. The van der Waals surface area contributed by atoms with Crippen LogP contribution in [0.1, 0.15) is 58.4 Å². The molecule has 0 unspecified atom stereocenters. The van der Waals surface area contributed by atoms with E-state index in [1.807, 2.05) is 51.1 Å². The van der Waals surface area contributed by atoms with Gasteiger partial charge in [0.2, 0.25) is 0 Å². The topological polar surface area (TPSA) is 65.0 Å². The van der Waals surface area contributed by atoms with Crippen LogP contribution in [0.15, 0.2) is 43.0 Å². The van der Waals surface area contributed by atoms with Crippen molar-refractivity contribution >= 4 is 14.0 Å². The molecule has 1 aromatic rings. The van der Waals surface area contributed by atoms with Gasteiger partial charge in [0.25, 0.3) is 0 Å². The Morgan fingerprint density at radius 1 is 1.26 bits per heavy atom. The van der Waals surface area contributed by atoms with Crippen molar-refractivity contribution in [2.45, 2.75) is 110 Å². The highest BCUT2D eigenvalue weighted by Gasteiger charge is 2.42. The molecule has 0 amide bonds. The Morgan fingerprint density at radius 2 is 1.94 bits per heavy atom. The average Bonchev–Trinajstić information content (AvgIpc) is 2.81. The third-order valence-electron chi connectivity index (χ3n) is 7.10. The first-order valence-corrected chi connectivity index (χ1v) is 16.9. The molecule has 0 aromatic heterocycles. The quantitative estimate of drug-likeness (QED) is 0.181. The summed E-state index contributed by atoms with van der Waals surface area (Å²) in [5.41, 5.74) is 0.406. The van der Waals surface area contributed by atoms with Gasteiger partial charge in [0.05, 0.1) is 43.0 Å². The van der Waals surface area contributed by atoms with E-state index in [0.29, 0.717) is 26.1 Å². The second-order valence-electron chi connectivity index (χ2n) is 11.9. The molecule has 1 fully saturated rings. The third-order valence-corrected chi connectivity index (χ3v) is 8.81. The molecule has 2 rings (SSSR count). The van der Waals surface area contributed by atoms with Crippen molar-refractivity contribution in [1.82, 2.24) is 0 Å². The van der Waals surface area contributed by atoms with Crippen LogP contribution in [-0.2, 0) is 25.6 Å². The van der Waals surface area contributed by atoms with Crippen molar-refractivity contribution in [2.24, 2.45) is 11.3 Å². The molecule has 1 aliphatic heterocycles. The number of rotatable bonds is 14. The maximum Gasteiger partial charge on any atom is 0.314 e. The highest BCUT2D eigenvalue weighted by atomic mass is 28.3. The Labute approximate surface area is 214 Å². The number of hydrogen-bond acceptors (Lipinski definition) is 5. The van der Waals surface area contributed by atoms with Crippen LogP contribution in [0.3, 0.4) is 0 Å². The van der Waals surface area contributed by atoms with Gasteiger partial charge < -0.3 is 19.3 Å². The first-order chi connectivity index (χ1) is 16.4. The van der Waals surface area contributed by atoms with Crippen LogP contribution in [0, 0.1) is 11.3 Å². The van der Waals surface area contributed by atoms with Crippen LogP contribution in [0.25, 0.3) is 0 Å². The van der Waals surface area contributed by atoms with Crippen molar-refractivity contribution in [1.29, 1.82) is 0 Å². The zero-order chi connectivity index (χ0) is 26.1. The van der Waals surface area contributed by atoms with E-state index in [-0.39, 0.29) is 30.2 Å². The Balaban J connectivity index is 2.00.